The van der Waals surface area contributed by atoms with E-state index in [1.165, 1.54) is 24.8 Å². The quantitative estimate of drug-likeness (QED) is 0.787. The molecule has 0 spiro atoms. The van der Waals surface area contributed by atoms with Gasteiger partial charge in [0.15, 0.2) is 0 Å². The van der Waals surface area contributed by atoms with Crippen molar-refractivity contribution in [2.24, 2.45) is 29.6 Å². The number of carbonyl (C=O) groups is 1. The lowest BCUT2D eigenvalue weighted by Crippen LogP contribution is -2.10. The van der Waals surface area contributed by atoms with Crippen LogP contribution >= 0.6 is 0 Å². The van der Waals surface area contributed by atoms with Crippen LogP contribution in [0.5, 0.6) is 0 Å². The van der Waals surface area contributed by atoms with E-state index in [-0.39, 0.29) is 0 Å². The maximum absolute atomic E-state index is 12.3. The van der Waals surface area contributed by atoms with E-state index < -0.39 is 0 Å². The Morgan fingerprint density at radius 2 is 1.72 bits per heavy atom. The first-order valence-corrected chi connectivity index (χ1v) is 7.41. The molecular weight excluding hydrogens is 220 g/mol. The number of ketones is 1. The normalized spacial score (nSPS) is 39.7. The first kappa shape index (κ1) is 10.8. The Morgan fingerprint density at radius 3 is 2.39 bits per heavy atom. The van der Waals surface area contributed by atoms with Crippen LogP contribution in [0.15, 0.2) is 30.3 Å². The SMILES string of the molecule is O=C(CCc1ccccc1)C1C2C3CCC(C3)C12. The fraction of sp³-hybridized carbons (Fsp3) is 0.588. The van der Waals surface area contributed by atoms with E-state index in [1.807, 2.05) is 6.07 Å². The van der Waals surface area contributed by atoms with Crippen molar-refractivity contribution in [2.75, 3.05) is 0 Å². The van der Waals surface area contributed by atoms with E-state index in [1.54, 1.807) is 0 Å². The molecule has 3 saturated carbocycles. The number of carbonyl (C=O) groups excluding carboxylic acids is 1. The maximum Gasteiger partial charge on any atom is 0.136 e. The lowest BCUT2D eigenvalue weighted by atomic mass is 9.96. The van der Waals surface area contributed by atoms with Gasteiger partial charge in [-0.05, 0) is 54.9 Å². The molecule has 0 amide bonds. The number of fused-ring (bicyclic) bond motifs is 5. The number of hydrogen-bond acceptors (Lipinski definition) is 1. The van der Waals surface area contributed by atoms with E-state index in [0.29, 0.717) is 11.7 Å². The van der Waals surface area contributed by atoms with Gasteiger partial charge < -0.3 is 0 Å². The molecule has 3 aliphatic rings. The Bertz CT molecular complexity index is 448. The number of rotatable bonds is 4. The Kier molecular flexibility index (Phi) is 2.36. The summed E-state index contributed by atoms with van der Waals surface area (Å²) in [4.78, 5) is 12.3. The Labute approximate surface area is 109 Å². The molecule has 1 nitrogen and oxygen atoms in total. The monoisotopic (exact) mass is 240 g/mol. The molecule has 4 atom stereocenters. The Hall–Kier alpha value is -1.11. The Balaban J connectivity index is 1.36. The highest BCUT2D eigenvalue weighted by Gasteiger charge is 2.66. The van der Waals surface area contributed by atoms with Crippen LogP contribution < -0.4 is 0 Å². The number of Topliss-reactive ketones (excluding diaryl/α,β-unsaturated/α-hetero) is 1. The molecule has 3 aliphatic carbocycles. The third kappa shape index (κ3) is 1.56. The Morgan fingerprint density at radius 1 is 1.06 bits per heavy atom. The van der Waals surface area contributed by atoms with Crippen molar-refractivity contribution < 1.29 is 4.79 Å². The molecule has 1 aromatic carbocycles. The molecule has 3 fully saturated rings. The number of hydrogen-bond donors (Lipinski definition) is 0. The minimum atomic E-state index is 0.472. The predicted molar refractivity (Wildman–Crippen MR) is 71.1 cm³/mol. The van der Waals surface area contributed by atoms with E-state index in [4.69, 9.17) is 0 Å². The summed E-state index contributed by atoms with van der Waals surface area (Å²) < 4.78 is 0. The van der Waals surface area contributed by atoms with Crippen LogP contribution in [0.1, 0.15) is 31.2 Å². The van der Waals surface area contributed by atoms with Crippen LogP contribution in [0.2, 0.25) is 0 Å². The first-order chi connectivity index (χ1) is 8.84. The van der Waals surface area contributed by atoms with Crippen LogP contribution in [0.25, 0.3) is 0 Å². The summed E-state index contributed by atoms with van der Waals surface area (Å²) in [5.74, 6) is 4.50. The molecule has 94 valence electrons. The zero-order valence-corrected chi connectivity index (χ0v) is 10.7. The number of aryl methyl sites for hydroxylation is 1. The standard InChI is InChI=1S/C17H20O/c18-14(9-6-11-4-2-1-3-5-11)17-15-12-7-8-13(10-12)16(15)17/h1-5,12-13,15-17H,6-10H2. The summed E-state index contributed by atoms with van der Waals surface area (Å²) in [6, 6.07) is 10.4. The second-order valence-electron chi connectivity index (χ2n) is 6.47. The van der Waals surface area contributed by atoms with E-state index >= 15 is 0 Å². The van der Waals surface area contributed by atoms with Gasteiger partial charge in [-0.2, -0.15) is 0 Å². The molecular formula is C17H20O. The molecule has 0 aromatic heterocycles. The summed E-state index contributed by atoms with van der Waals surface area (Å²) in [7, 11) is 0. The average Bonchev–Trinajstić information content (AvgIpc) is 2.86. The van der Waals surface area contributed by atoms with Crippen LogP contribution in [-0.4, -0.2) is 5.78 Å². The van der Waals surface area contributed by atoms with Crippen LogP contribution in [0.4, 0.5) is 0 Å². The molecule has 1 aromatic rings. The van der Waals surface area contributed by atoms with Gasteiger partial charge in [0.05, 0.1) is 0 Å². The largest absolute Gasteiger partial charge is 0.299 e. The molecule has 4 rings (SSSR count). The molecule has 4 unspecified atom stereocenters. The van der Waals surface area contributed by atoms with Crippen molar-refractivity contribution in [1.29, 1.82) is 0 Å². The third-order valence-electron chi connectivity index (χ3n) is 5.61. The second kappa shape index (κ2) is 3.94. The molecule has 2 bridgehead atoms. The van der Waals surface area contributed by atoms with Gasteiger partial charge in [-0.3, -0.25) is 4.79 Å². The van der Waals surface area contributed by atoms with E-state index in [0.717, 1.165) is 36.5 Å². The van der Waals surface area contributed by atoms with Crippen molar-refractivity contribution in [3.8, 4) is 0 Å². The molecule has 0 saturated heterocycles. The fourth-order valence-corrected chi connectivity index (χ4v) is 4.83. The van der Waals surface area contributed by atoms with Crippen molar-refractivity contribution in [3.05, 3.63) is 35.9 Å². The van der Waals surface area contributed by atoms with Crippen LogP contribution in [-0.2, 0) is 11.2 Å². The molecule has 1 heteroatoms. The van der Waals surface area contributed by atoms with Gasteiger partial charge in [0.25, 0.3) is 0 Å². The van der Waals surface area contributed by atoms with Gasteiger partial charge in [0.1, 0.15) is 5.78 Å². The predicted octanol–water partition coefficient (Wildman–Crippen LogP) is 3.48. The van der Waals surface area contributed by atoms with E-state index in [2.05, 4.69) is 24.3 Å². The van der Waals surface area contributed by atoms with Gasteiger partial charge in [-0.1, -0.05) is 30.3 Å². The molecule has 18 heavy (non-hydrogen) atoms. The summed E-state index contributed by atoms with van der Waals surface area (Å²) in [6.07, 6.45) is 5.96. The van der Waals surface area contributed by atoms with Gasteiger partial charge in [0, 0.05) is 12.3 Å². The van der Waals surface area contributed by atoms with Crippen LogP contribution in [0.3, 0.4) is 0 Å². The summed E-state index contributed by atoms with van der Waals surface area (Å²) >= 11 is 0. The lowest BCUT2D eigenvalue weighted by Gasteiger charge is -2.07. The minimum Gasteiger partial charge on any atom is -0.299 e. The highest BCUT2D eigenvalue weighted by molar-refractivity contribution is 5.85. The summed E-state index contributed by atoms with van der Waals surface area (Å²) in [5.41, 5.74) is 1.31. The van der Waals surface area contributed by atoms with Gasteiger partial charge in [-0.25, -0.2) is 0 Å². The average molecular weight is 240 g/mol. The molecule has 0 heterocycles. The third-order valence-corrected chi connectivity index (χ3v) is 5.61. The van der Waals surface area contributed by atoms with Crippen molar-refractivity contribution in [1.82, 2.24) is 0 Å². The zero-order valence-electron chi connectivity index (χ0n) is 10.7. The maximum atomic E-state index is 12.3. The first-order valence-electron chi connectivity index (χ1n) is 7.41. The van der Waals surface area contributed by atoms with Crippen molar-refractivity contribution in [2.45, 2.75) is 32.1 Å². The van der Waals surface area contributed by atoms with Crippen LogP contribution in [0, 0.1) is 29.6 Å². The smallest absolute Gasteiger partial charge is 0.136 e. The molecule has 0 radical (unpaired) electrons. The highest BCUT2D eigenvalue weighted by Crippen LogP contribution is 2.69. The minimum absolute atomic E-state index is 0.472. The van der Waals surface area contributed by atoms with Gasteiger partial charge in [0.2, 0.25) is 0 Å². The van der Waals surface area contributed by atoms with Crippen molar-refractivity contribution in [3.63, 3.8) is 0 Å². The second-order valence-corrected chi connectivity index (χ2v) is 6.47. The fourth-order valence-electron chi connectivity index (χ4n) is 4.83. The summed E-state index contributed by atoms with van der Waals surface area (Å²) in [5, 5.41) is 0. The van der Waals surface area contributed by atoms with Gasteiger partial charge >= 0.3 is 0 Å². The topological polar surface area (TPSA) is 17.1 Å². The zero-order chi connectivity index (χ0) is 12.1. The van der Waals surface area contributed by atoms with E-state index in [9.17, 15) is 4.79 Å². The molecule has 0 N–H and O–H groups in total. The number of benzene rings is 1. The van der Waals surface area contributed by atoms with Crippen molar-refractivity contribution >= 4 is 5.78 Å². The lowest BCUT2D eigenvalue weighted by molar-refractivity contribution is -0.121. The highest BCUT2D eigenvalue weighted by atomic mass is 16.1. The van der Waals surface area contributed by atoms with Gasteiger partial charge in [-0.15, -0.1) is 0 Å². The summed E-state index contributed by atoms with van der Waals surface area (Å²) in [6.45, 7) is 0. The molecule has 0 aliphatic heterocycles.